The molecule has 0 spiro atoms. The zero-order valence-corrected chi connectivity index (χ0v) is 22.8. The van der Waals surface area contributed by atoms with Crippen LogP contribution < -0.4 is 16.0 Å². The Labute approximate surface area is 216 Å². The van der Waals surface area contributed by atoms with Gasteiger partial charge in [0.05, 0.1) is 39.6 Å². The maximum absolute atomic E-state index is 12.8. The maximum Gasteiger partial charge on any atom is 0.323 e. The lowest BCUT2D eigenvalue weighted by molar-refractivity contribution is -0.151. The van der Waals surface area contributed by atoms with Gasteiger partial charge in [0.2, 0.25) is 11.8 Å². The fourth-order valence-electron chi connectivity index (χ4n) is 3.82. The summed E-state index contributed by atoms with van der Waals surface area (Å²) in [4.78, 5) is 39.4. The summed E-state index contributed by atoms with van der Waals surface area (Å²) >= 11 is 0. The summed E-state index contributed by atoms with van der Waals surface area (Å²) < 4.78 is 21.9. The summed E-state index contributed by atoms with van der Waals surface area (Å²) in [6, 6.07) is -0.995. The number of carbonyl (C=O) groups is 3. The van der Waals surface area contributed by atoms with Crippen LogP contribution >= 0.6 is 0 Å². The number of likely N-dealkylation sites (tertiary alicyclic amines) is 1. The van der Waals surface area contributed by atoms with E-state index in [4.69, 9.17) is 18.9 Å². The molecule has 2 fully saturated rings. The minimum Gasteiger partial charge on any atom is -0.459 e. The van der Waals surface area contributed by atoms with Gasteiger partial charge in [-0.1, -0.05) is 27.7 Å². The van der Waals surface area contributed by atoms with Crippen molar-refractivity contribution in [2.45, 2.75) is 65.1 Å². The van der Waals surface area contributed by atoms with Crippen LogP contribution in [-0.4, -0.2) is 114 Å². The molecule has 2 rings (SSSR count). The highest BCUT2D eigenvalue weighted by molar-refractivity contribution is 5.89. The molecule has 0 saturated carbocycles. The van der Waals surface area contributed by atoms with Crippen LogP contribution in [0.2, 0.25) is 0 Å². The Morgan fingerprint density at radius 3 is 2.31 bits per heavy atom. The zero-order chi connectivity index (χ0) is 26.8. The van der Waals surface area contributed by atoms with Crippen molar-refractivity contribution in [3.05, 3.63) is 0 Å². The van der Waals surface area contributed by atoms with E-state index in [-0.39, 0.29) is 55.9 Å². The molecule has 2 aliphatic rings. The van der Waals surface area contributed by atoms with Gasteiger partial charge < -0.3 is 39.8 Å². The molecule has 2 amide bonds. The standard InChI is InChI=1S/C23H42N4O7.C2H6/c1-17(2)14-26-22(29)20-13-18(34-23(30)19-5-4-6-25-19)15-27(20)21(28)16-33-12-11-32-10-9-31-8-7-24-3;1-2/h17-20,24-25H,4-16H2,1-3H3,(H,26,29);1-2H3. The molecule has 0 bridgehead atoms. The Balaban J connectivity index is 0.00000316. The smallest absolute Gasteiger partial charge is 0.323 e. The van der Waals surface area contributed by atoms with Crippen LogP contribution in [-0.2, 0) is 33.3 Å². The van der Waals surface area contributed by atoms with E-state index in [0.29, 0.717) is 33.0 Å². The second kappa shape index (κ2) is 19.3. The number of esters is 1. The zero-order valence-electron chi connectivity index (χ0n) is 22.8. The SMILES string of the molecule is CC.CNCCOCCOCCOCC(=O)N1CC(OC(=O)C2CCCN2)CC1C(=O)NCC(C)C. The minimum atomic E-state index is -0.685. The molecule has 11 nitrogen and oxygen atoms in total. The first kappa shape index (κ1) is 32.2. The molecule has 2 saturated heterocycles. The second-order valence-electron chi connectivity index (χ2n) is 9.03. The molecule has 3 N–H and O–H groups in total. The van der Waals surface area contributed by atoms with E-state index in [1.807, 2.05) is 34.7 Å². The average Bonchev–Trinajstić information content (AvgIpc) is 3.55. The van der Waals surface area contributed by atoms with E-state index in [1.165, 1.54) is 4.90 Å². The van der Waals surface area contributed by atoms with Gasteiger partial charge in [-0.15, -0.1) is 0 Å². The minimum absolute atomic E-state index is 0.166. The van der Waals surface area contributed by atoms with Crippen molar-refractivity contribution in [1.29, 1.82) is 0 Å². The van der Waals surface area contributed by atoms with E-state index in [9.17, 15) is 14.4 Å². The van der Waals surface area contributed by atoms with E-state index in [1.54, 1.807) is 0 Å². The quantitative estimate of drug-likeness (QED) is 0.196. The summed E-state index contributed by atoms with van der Waals surface area (Å²) in [6.45, 7) is 12.3. The van der Waals surface area contributed by atoms with Crippen LogP contribution in [0.25, 0.3) is 0 Å². The molecule has 0 aromatic rings. The number of nitrogens with zero attached hydrogens (tertiary/aromatic N) is 1. The number of nitrogens with one attached hydrogen (secondary N) is 3. The lowest BCUT2D eigenvalue weighted by Crippen LogP contribution is -2.47. The fraction of sp³-hybridized carbons (Fsp3) is 0.880. The molecule has 2 aliphatic heterocycles. The van der Waals surface area contributed by atoms with Gasteiger partial charge in [0.15, 0.2) is 0 Å². The molecule has 0 aromatic heterocycles. The van der Waals surface area contributed by atoms with Crippen molar-refractivity contribution < 1.29 is 33.3 Å². The molecule has 36 heavy (non-hydrogen) atoms. The first-order valence-corrected chi connectivity index (χ1v) is 13.3. The normalized spacial score (nSPS) is 21.3. The van der Waals surface area contributed by atoms with Crippen molar-refractivity contribution in [3.63, 3.8) is 0 Å². The van der Waals surface area contributed by atoms with E-state index < -0.39 is 12.1 Å². The summed E-state index contributed by atoms with van der Waals surface area (Å²) in [6.07, 6.45) is 1.44. The third-order valence-electron chi connectivity index (χ3n) is 5.66. The van der Waals surface area contributed by atoms with Gasteiger partial charge >= 0.3 is 5.97 Å². The average molecular weight is 517 g/mol. The number of amides is 2. The monoisotopic (exact) mass is 516 g/mol. The number of rotatable bonds is 16. The third-order valence-corrected chi connectivity index (χ3v) is 5.66. The molecule has 0 radical (unpaired) electrons. The summed E-state index contributed by atoms with van der Waals surface area (Å²) in [5.41, 5.74) is 0. The van der Waals surface area contributed by atoms with Crippen LogP contribution in [0.1, 0.15) is 47.0 Å². The molecule has 3 unspecified atom stereocenters. The number of likely N-dealkylation sites (N-methyl/N-ethyl adjacent to an activating group) is 1. The van der Waals surface area contributed by atoms with Gasteiger partial charge in [0, 0.05) is 19.5 Å². The molecular weight excluding hydrogens is 468 g/mol. The van der Waals surface area contributed by atoms with Crippen molar-refractivity contribution in [2.75, 3.05) is 72.9 Å². The van der Waals surface area contributed by atoms with Crippen LogP contribution in [0.5, 0.6) is 0 Å². The Morgan fingerprint density at radius 1 is 1.03 bits per heavy atom. The van der Waals surface area contributed by atoms with Crippen molar-refractivity contribution in [2.24, 2.45) is 5.92 Å². The second-order valence-corrected chi connectivity index (χ2v) is 9.03. The molecule has 3 atom stereocenters. The lowest BCUT2D eigenvalue weighted by Gasteiger charge is -2.24. The molecule has 0 aliphatic carbocycles. The van der Waals surface area contributed by atoms with E-state index in [0.717, 1.165) is 25.9 Å². The largest absolute Gasteiger partial charge is 0.459 e. The van der Waals surface area contributed by atoms with Gasteiger partial charge in [0.25, 0.3) is 0 Å². The van der Waals surface area contributed by atoms with Gasteiger partial charge in [-0.05, 0) is 32.4 Å². The molecule has 210 valence electrons. The van der Waals surface area contributed by atoms with E-state index in [2.05, 4.69) is 16.0 Å². The number of hydrogen-bond acceptors (Lipinski definition) is 9. The molecule has 0 aromatic carbocycles. The summed E-state index contributed by atoms with van der Waals surface area (Å²) in [5.74, 6) is -0.575. The topological polar surface area (TPSA) is 127 Å². The number of hydrogen-bond donors (Lipinski definition) is 3. The first-order chi connectivity index (χ1) is 17.4. The number of ether oxygens (including phenoxy) is 4. The Hall–Kier alpha value is -1.79. The van der Waals surface area contributed by atoms with Gasteiger partial charge in [0.1, 0.15) is 24.8 Å². The number of carbonyl (C=O) groups excluding carboxylic acids is 3. The van der Waals surface area contributed by atoms with Gasteiger partial charge in [-0.2, -0.15) is 0 Å². The summed E-state index contributed by atoms with van der Waals surface area (Å²) in [7, 11) is 1.86. The molecule has 2 heterocycles. The third kappa shape index (κ3) is 12.4. The lowest BCUT2D eigenvalue weighted by atomic mass is 10.1. The van der Waals surface area contributed by atoms with Crippen molar-refractivity contribution in [1.82, 2.24) is 20.9 Å². The van der Waals surface area contributed by atoms with Crippen LogP contribution in [0.3, 0.4) is 0 Å². The van der Waals surface area contributed by atoms with Crippen molar-refractivity contribution >= 4 is 17.8 Å². The Bertz CT molecular complexity index is 630. The van der Waals surface area contributed by atoms with Gasteiger partial charge in [-0.3, -0.25) is 14.4 Å². The highest BCUT2D eigenvalue weighted by Gasteiger charge is 2.42. The predicted octanol–water partition coefficient (Wildman–Crippen LogP) is 0.319. The van der Waals surface area contributed by atoms with Crippen LogP contribution in [0.15, 0.2) is 0 Å². The maximum atomic E-state index is 12.8. The highest BCUT2D eigenvalue weighted by Crippen LogP contribution is 2.22. The summed E-state index contributed by atoms with van der Waals surface area (Å²) in [5, 5.41) is 8.99. The fourth-order valence-corrected chi connectivity index (χ4v) is 3.82. The van der Waals surface area contributed by atoms with Crippen LogP contribution in [0, 0.1) is 5.92 Å². The highest BCUT2D eigenvalue weighted by atomic mass is 16.6. The van der Waals surface area contributed by atoms with Gasteiger partial charge in [-0.25, -0.2) is 0 Å². The van der Waals surface area contributed by atoms with Crippen molar-refractivity contribution in [3.8, 4) is 0 Å². The predicted molar refractivity (Wildman–Crippen MR) is 137 cm³/mol. The Kier molecular flexibility index (Phi) is 17.3. The first-order valence-electron chi connectivity index (χ1n) is 13.3. The molecule has 11 heteroatoms. The molecular formula is C25H48N4O7. The van der Waals surface area contributed by atoms with E-state index >= 15 is 0 Å². The van der Waals surface area contributed by atoms with Crippen LogP contribution in [0.4, 0.5) is 0 Å². The Morgan fingerprint density at radius 2 is 1.69 bits per heavy atom.